The Labute approximate surface area is 152 Å². The monoisotopic (exact) mass is 353 g/mol. The average Bonchev–Trinajstić information content (AvgIpc) is 3.37. The number of benzene rings is 1. The Kier molecular flexibility index (Phi) is 4.61. The van der Waals surface area contributed by atoms with Gasteiger partial charge in [-0.3, -0.25) is 4.79 Å². The highest BCUT2D eigenvalue weighted by Crippen LogP contribution is 2.30. The van der Waals surface area contributed by atoms with E-state index < -0.39 is 5.79 Å². The first-order valence-electron chi connectivity index (χ1n) is 9.00. The second-order valence-electron chi connectivity index (χ2n) is 6.87. The van der Waals surface area contributed by atoms with Gasteiger partial charge in [-0.1, -0.05) is 24.3 Å². The summed E-state index contributed by atoms with van der Waals surface area (Å²) in [4.78, 5) is 16.3. The Balaban J connectivity index is 1.32. The predicted molar refractivity (Wildman–Crippen MR) is 97.7 cm³/mol. The summed E-state index contributed by atoms with van der Waals surface area (Å²) in [6.07, 6.45) is 3.77. The highest BCUT2D eigenvalue weighted by Gasteiger charge is 2.32. The van der Waals surface area contributed by atoms with Crippen LogP contribution in [-0.2, 0) is 21.8 Å². The van der Waals surface area contributed by atoms with Crippen LogP contribution in [-0.4, -0.2) is 30.1 Å². The fourth-order valence-electron chi connectivity index (χ4n) is 2.93. The quantitative estimate of drug-likeness (QED) is 0.835. The molecular formula is C20H23N3O3. The molecule has 1 saturated heterocycles. The van der Waals surface area contributed by atoms with Gasteiger partial charge in [0.05, 0.1) is 18.8 Å². The van der Waals surface area contributed by atoms with Gasteiger partial charge in [0.2, 0.25) is 0 Å². The number of anilines is 1. The van der Waals surface area contributed by atoms with Crippen LogP contribution in [0.3, 0.4) is 0 Å². The molecule has 1 saturated carbocycles. The number of aromatic nitrogens is 1. The van der Waals surface area contributed by atoms with Crippen LogP contribution in [0.25, 0.3) is 0 Å². The van der Waals surface area contributed by atoms with Crippen molar-refractivity contribution >= 4 is 11.7 Å². The van der Waals surface area contributed by atoms with Crippen LogP contribution in [0.1, 0.15) is 41.3 Å². The molecule has 1 aliphatic carbocycles. The number of rotatable bonds is 6. The predicted octanol–water partition coefficient (Wildman–Crippen LogP) is 2.81. The van der Waals surface area contributed by atoms with Gasteiger partial charge >= 0.3 is 0 Å². The number of carbonyl (C=O) groups is 1. The van der Waals surface area contributed by atoms with Crippen molar-refractivity contribution in [3.05, 3.63) is 59.3 Å². The van der Waals surface area contributed by atoms with Gasteiger partial charge in [0, 0.05) is 24.3 Å². The average molecular weight is 353 g/mol. The summed E-state index contributed by atoms with van der Waals surface area (Å²) in [5.74, 6) is 0.0585. The Morgan fingerprint density at radius 3 is 2.50 bits per heavy atom. The summed E-state index contributed by atoms with van der Waals surface area (Å²) >= 11 is 0. The summed E-state index contributed by atoms with van der Waals surface area (Å²) in [5, 5.41) is 6.23. The minimum absolute atomic E-state index is 0.0491. The molecule has 26 heavy (non-hydrogen) atoms. The van der Waals surface area contributed by atoms with Crippen LogP contribution >= 0.6 is 0 Å². The Bertz CT molecular complexity index is 764. The van der Waals surface area contributed by atoms with Gasteiger partial charge in [-0.25, -0.2) is 4.98 Å². The van der Waals surface area contributed by atoms with Gasteiger partial charge < -0.3 is 20.1 Å². The third-order valence-electron chi connectivity index (χ3n) is 4.73. The van der Waals surface area contributed by atoms with E-state index in [1.54, 1.807) is 12.3 Å². The minimum atomic E-state index is -0.635. The van der Waals surface area contributed by atoms with E-state index in [4.69, 9.17) is 9.47 Å². The molecule has 1 aromatic carbocycles. The second-order valence-corrected chi connectivity index (χ2v) is 6.87. The van der Waals surface area contributed by atoms with Crippen molar-refractivity contribution in [2.24, 2.45) is 0 Å². The van der Waals surface area contributed by atoms with E-state index in [0.717, 1.165) is 29.8 Å². The molecule has 1 amide bonds. The van der Waals surface area contributed by atoms with Crippen molar-refractivity contribution in [3.63, 3.8) is 0 Å². The molecule has 6 nitrogen and oxygen atoms in total. The number of carbonyl (C=O) groups excluding carboxylic acids is 1. The Morgan fingerprint density at radius 2 is 1.88 bits per heavy atom. The van der Waals surface area contributed by atoms with E-state index in [0.29, 0.717) is 31.4 Å². The second kappa shape index (κ2) is 7.05. The number of hydrogen-bond donors (Lipinski definition) is 2. The maximum atomic E-state index is 12.0. The van der Waals surface area contributed by atoms with Crippen LogP contribution < -0.4 is 10.6 Å². The van der Waals surface area contributed by atoms with E-state index >= 15 is 0 Å². The molecule has 0 bridgehead atoms. The molecule has 6 heteroatoms. The lowest BCUT2D eigenvalue weighted by Gasteiger charge is -2.22. The minimum Gasteiger partial charge on any atom is -0.366 e. The van der Waals surface area contributed by atoms with Crippen molar-refractivity contribution in [2.75, 3.05) is 18.5 Å². The lowest BCUT2D eigenvalue weighted by Crippen LogP contribution is -2.25. The van der Waals surface area contributed by atoms with Gasteiger partial charge in [0.25, 0.3) is 5.91 Å². The summed E-state index contributed by atoms with van der Waals surface area (Å²) in [6, 6.07) is 12.1. The van der Waals surface area contributed by atoms with Gasteiger partial charge in [-0.2, -0.15) is 0 Å². The first-order chi connectivity index (χ1) is 12.6. The van der Waals surface area contributed by atoms with E-state index in [-0.39, 0.29) is 5.91 Å². The van der Waals surface area contributed by atoms with Crippen molar-refractivity contribution < 1.29 is 14.3 Å². The van der Waals surface area contributed by atoms with E-state index in [1.807, 2.05) is 25.1 Å². The van der Waals surface area contributed by atoms with E-state index in [2.05, 4.69) is 27.8 Å². The first kappa shape index (κ1) is 17.0. The molecule has 4 rings (SSSR count). The van der Waals surface area contributed by atoms with Crippen LogP contribution in [0.5, 0.6) is 0 Å². The van der Waals surface area contributed by atoms with Gasteiger partial charge in [0.1, 0.15) is 5.82 Å². The molecule has 136 valence electrons. The molecule has 0 atom stereocenters. The number of pyridine rings is 1. The summed E-state index contributed by atoms with van der Waals surface area (Å²) in [7, 11) is 0. The molecule has 0 spiro atoms. The van der Waals surface area contributed by atoms with E-state index in [9.17, 15) is 4.79 Å². The fraction of sp³-hybridized carbons (Fsp3) is 0.400. The van der Waals surface area contributed by atoms with Gasteiger partial charge in [0.15, 0.2) is 5.79 Å². The topological polar surface area (TPSA) is 72.5 Å². The van der Waals surface area contributed by atoms with Crippen molar-refractivity contribution in [3.8, 4) is 0 Å². The maximum absolute atomic E-state index is 12.0. The molecule has 1 aliphatic heterocycles. The first-order valence-corrected chi connectivity index (χ1v) is 9.00. The van der Waals surface area contributed by atoms with Crippen LogP contribution in [0.15, 0.2) is 42.6 Å². The van der Waals surface area contributed by atoms with Gasteiger partial charge in [-0.15, -0.1) is 0 Å². The molecule has 2 fully saturated rings. The number of amides is 1. The molecule has 2 N–H and O–H groups in total. The molecule has 2 heterocycles. The maximum Gasteiger partial charge on any atom is 0.253 e. The van der Waals surface area contributed by atoms with Crippen molar-refractivity contribution in [1.82, 2.24) is 10.3 Å². The summed E-state index contributed by atoms with van der Waals surface area (Å²) < 4.78 is 11.3. The zero-order chi connectivity index (χ0) is 18.0. The number of nitrogens with one attached hydrogen (secondary N) is 2. The number of hydrogen-bond acceptors (Lipinski definition) is 5. The fourth-order valence-corrected chi connectivity index (χ4v) is 2.93. The van der Waals surface area contributed by atoms with Crippen molar-refractivity contribution in [2.45, 2.75) is 38.1 Å². The van der Waals surface area contributed by atoms with Crippen LogP contribution in [0.2, 0.25) is 0 Å². The molecular weight excluding hydrogens is 330 g/mol. The Morgan fingerprint density at radius 1 is 1.15 bits per heavy atom. The highest BCUT2D eigenvalue weighted by molar-refractivity contribution is 5.94. The SMILES string of the molecule is CC1(c2ccc(CNc3ccc(C(=O)NC4CC4)cn3)cc2)OCCO1. The standard InChI is InChI=1S/C20H23N3O3/c1-20(25-10-11-26-20)16-5-2-14(3-6-16)12-21-18-9-4-15(13-22-18)19(24)23-17-7-8-17/h2-6,9,13,17H,7-8,10-12H2,1H3,(H,21,22)(H,23,24). The molecule has 2 aliphatic rings. The van der Waals surface area contributed by atoms with E-state index in [1.165, 1.54) is 0 Å². The largest absolute Gasteiger partial charge is 0.366 e. The third-order valence-corrected chi connectivity index (χ3v) is 4.73. The molecule has 1 aromatic heterocycles. The highest BCUT2D eigenvalue weighted by atomic mass is 16.7. The summed E-state index contributed by atoms with van der Waals surface area (Å²) in [6.45, 7) is 3.84. The van der Waals surface area contributed by atoms with Crippen molar-refractivity contribution in [1.29, 1.82) is 0 Å². The third kappa shape index (κ3) is 3.86. The normalized spacial score (nSPS) is 18.5. The smallest absolute Gasteiger partial charge is 0.253 e. The molecule has 2 aromatic rings. The van der Waals surface area contributed by atoms with Gasteiger partial charge in [-0.05, 0) is 37.5 Å². The number of nitrogens with zero attached hydrogens (tertiary/aromatic N) is 1. The zero-order valence-corrected chi connectivity index (χ0v) is 14.8. The zero-order valence-electron chi connectivity index (χ0n) is 14.8. The Hall–Kier alpha value is -2.44. The lowest BCUT2D eigenvalue weighted by atomic mass is 10.1. The lowest BCUT2D eigenvalue weighted by molar-refractivity contribution is -0.149. The number of ether oxygens (including phenoxy) is 2. The molecule has 0 unspecified atom stereocenters. The van der Waals surface area contributed by atoms with Crippen LogP contribution in [0, 0.1) is 0 Å². The van der Waals surface area contributed by atoms with Crippen LogP contribution in [0.4, 0.5) is 5.82 Å². The molecule has 0 radical (unpaired) electrons. The summed E-state index contributed by atoms with van der Waals surface area (Å²) in [5.41, 5.74) is 2.74.